The second-order valence-electron chi connectivity index (χ2n) is 5.24. The molecule has 96 valence electrons. The van der Waals surface area contributed by atoms with Crippen LogP contribution in [0.4, 0.5) is 0 Å². The van der Waals surface area contributed by atoms with E-state index in [-0.39, 0.29) is 6.54 Å². The Morgan fingerprint density at radius 2 is 2.00 bits per heavy atom. The highest BCUT2D eigenvalue weighted by Gasteiger charge is 2.14. The minimum atomic E-state index is -0.804. The van der Waals surface area contributed by atoms with Crippen molar-refractivity contribution in [2.24, 2.45) is 0 Å². The first kappa shape index (κ1) is 12.7. The van der Waals surface area contributed by atoms with Gasteiger partial charge >= 0.3 is 5.97 Å². The predicted octanol–water partition coefficient (Wildman–Crippen LogP) is 3.47. The van der Waals surface area contributed by atoms with Gasteiger partial charge in [-0.3, -0.25) is 4.79 Å². The van der Waals surface area contributed by atoms with Gasteiger partial charge in [0, 0.05) is 11.6 Å². The molecule has 0 saturated carbocycles. The lowest BCUT2D eigenvalue weighted by Gasteiger charge is -2.06. The van der Waals surface area contributed by atoms with E-state index in [0.29, 0.717) is 5.92 Å². The van der Waals surface area contributed by atoms with Crippen molar-refractivity contribution in [3.05, 3.63) is 35.0 Å². The topological polar surface area (TPSA) is 42.2 Å². The Morgan fingerprint density at radius 1 is 1.33 bits per heavy atom. The highest BCUT2D eigenvalue weighted by atomic mass is 16.4. The lowest BCUT2D eigenvalue weighted by atomic mass is 9.99. The molecule has 3 nitrogen and oxygen atoms in total. The van der Waals surface area contributed by atoms with Gasteiger partial charge in [-0.05, 0) is 37.0 Å². The maximum Gasteiger partial charge on any atom is 0.323 e. The van der Waals surface area contributed by atoms with E-state index in [0.717, 1.165) is 11.1 Å². The van der Waals surface area contributed by atoms with Crippen molar-refractivity contribution in [1.82, 2.24) is 4.57 Å². The molecule has 3 heteroatoms. The van der Waals surface area contributed by atoms with Crippen LogP contribution >= 0.6 is 0 Å². The monoisotopic (exact) mass is 245 g/mol. The lowest BCUT2D eigenvalue weighted by Crippen LogP contribution is -2.08. The minimum absolute atomic E-state index is 0.0210. The van der Waals surface area contributed by atoms with Crippen LogP contribution in [0.3, 0.4) is 0 Å². The molecule has 0 saturated heterocycles. The molecule has 1 N–H and O–H groups in total. The Labute approximate surface area is 107 Å². The molecule has 18 heavy (non-hydrogen) atoms. The molecule has 2 aromatic rings. The maximum atomic E-state index is 10.9. The summed E-state index contributed by atoms with van der Waals surface area (Å²) in [5.74, 6) is -0.411. The summed E-state index contributed by atoms with van der Waals surface area (Å²) < 4.78 is 1.85. The summed E-state index contributed by atoms with van der Waals surface area (Å²) in [4.78, 5) is 10.9. The predicted molar refractivity (Wildman–Crippen MR) is 73.1 cm³/mol. The Hall–Kier alpha value is -1.77. The SMILES string of the molecule is Cc1cc(C)c2c(c1)c(C(C)C)cn2CC(=O)O. The second-order valence-corrected chi connectivity index (χ2v) is 5.24. The van der Waals surface area contributed by atoms with Gasteiger partial charge in [0.2, 0.25) is 0 Å². The van der Waals surface area contributed by atoms with Crippen LogP contribution in [0.5, 0.6) is 0 Å². The van der Waals surface area contributed by atoms with Gasteiger partial charge in [0.25, 0.3) is 0 Å². The van der Waals surface area contributed by atoms with E-state index < -0.39 is 5.97 Å². The summed E-state index contributed by atoms with van der Waals surface area (Å²) in [6.45, 7) is 8.41. The number of benzene rings is 1. The van der Waals surface area contributed by atoms with Crippen LogP contribution in [0.1, 0.15) is 36.5 Å². The Morgan fingerprint density at radius 3 is 2.56 bits per heavy atom. The lowest BCUT2D eigenvalue weighted by molar-refractivity contribution is -0.137. The summed E-state index contributed by atoms with van der Waals surface area (Å²) in [5.41, 5.74) is 4.62. The van der Waals surface area contributed by atoms with Crippen molar-refractivity contribution >= 4 is 16.9 Å². The average Bonchev–Trinajstić information content (AvgIpc) is 2.55. The smallest absolute Gasteiger partial charge is 0.323 e. The van der Waals surface area contributed by atoms with Crippen LogP contribution in [0.25, 0.3) is 10.9 Å². The first-order valence-corrected chi connectivity index (χ1v) is 6.22. The summed E-state index contributed by atoms with van der Waals surface area (Å²) in [6, 6.07) is 4.25. The van der Waals surface area contributed by atoms with E-state index in [1.165, 1.54) is 16.5 Å². The van der Waals surface area contributed by atoms with Crippen molar-refractivity contribution < 1.29 is 9.90 Å². The number of nitrogens with zero attached hydrogens (tertiary/aromatic N) is 1. The maximum absolute atomic E-state index is 10.9. The van der Waals surface area contributed by atoms with Crippen LogP contribution < -0.4 is 0 Å². The van der Waals surface area contributed by atoms with Gasteiger partial charge in [-0.1, -0.05) is 25.5 Å². The van der Waals surface area contributed by atoms with Crippen LogP contribution in [-0.2, 0) is 11.3 Å². The van der Waals surface area contributed by atoms with E-state index >= 15 is 0 Å². The Bertz CT molecular complexity index is 608. The molecule has 0 fully saturated rings. The van der Waals surface area contributed by atoms with Crippen molar-refractivity contribution in [1.29, 1.82) is 0 Å². The molecule has 1 aromatic heterocycles. The fraction of sp³-hybridized carbons (Fsp3) is 0.400. The molecule has 0 aliphatic heterocycles. The van der Waals surface area contributed by atoms with Crippen LogP contribution in [0.15, 0.2) is 18.3 Å². The Balaban J connectivity index is 2.76. The zero-order valence-corrected chi connectivity index (χ0v) is 11.3. The quantitative estimate of drug-likeness (QED) is 0.899. The second kappa shape index (κ2) is 4.48. The molecule has 1 aromatic carbocycles. The molecular formula is C15H19NO2. The van der Waals surface area contributed by atoms with Gasteiger partial charge in [-0.15, -0.1) is 0 Å². The molecule has 1 heterocycles. The number of carboxylic acids is 1. The van der Waals surface area contributed by atoms with Crippen molar-refractivity contribution in [2.75, 3.05) is 0 Å². The number of aliphatic carboxylic acids is 1. The van der Waals surface area contributed by atoms with Crippen molar-refractivity contribution in [3.8, 4) is 0 Å². The molecule has 0 unspecified atom stereocenters. The number of fused-ring (bicyclic) bond motifs is 1. The van der Waals surface area contributed by atoms with Gasteiger partial charge in [0.15, 0.2) is 0 Å². The zero-order valence-electron chi connectivity index (χ0n) is 11.3. The molecule has 0 atom stereocenters. The van der Waals surface area contributed by atoms with Crippen molar-refractivity contribution in [3.63, 3.8) is 0 Å². The Kier molecular flexibility index (Phi) is 3.16. The van der Waals surface area contributed by atoms with Crippen LogP contribution in [-0.4, -0.2) is 15.6 Å². The van der Waals surface area contributed by atoms with Gasteiger partial charge in [0.05, 0.1) is 5.52 Å². The first-order valence-electron chi connectivity index (χ1n) is 6.22. The number of hydrogen-bond acceptors (Lipinski definition) is 1. The molecule has 0 amide bonds. The molecule has 0 aliphatic carbocycles. The van der Waals surface area contributed by atoms with Gasteiger partial charge in [-0.25, -0.2) is 0 Å². The van der Waals surface area contributed by atoms with Crippen molar-refractivity contribution in [2.45, 2.75) is 40.2 Å². The van der Waals surface area contributed by atoms with Gasteiger partial charge in [0.1, 0.15) is 6.54 Å². The molecule has 0 bridgehead atoms. The van der Waals surface area contributed by atoms with Gasteiger partial charge < -0.3 is 9.67 Å². The summed E-state index contributed by atoms with van der Waals surface area (Å²) in [5, 5.41) is 10.2. The standard InChI is InChI=1S/C15H19NO2/c1-9(2)13-7-16(8-14(17)18)15-11(4)5-10(3)6-12(13)15/h5-7,9H,8H2,1-4H3,(H,17,18). The fourth-order valence-electron chi connectivity index (χ4n) is 2.59. The van der Waals surface area contributed by atoms with E-state index in [1.54, 1.807) is 0 Å². The highest BCUT2D eigenvalue weighted by molar-refractivity contribution is 5.89. The fourth-order valence-corrected chi connectivity index (χ4v) is 2.59. The summed E-state index contributed by atoms with van der Waals surface area (Å²) in [6.07, 6.45) is 1.98. The molecule has 2 rings (SSSR count). The normalized spacial score (nSPS) is 11.4. The third kappa shape index (κ3) is 2.13. The number of carbonyl (C=O) groups is 1. The number of rotatable bonds is 3. The molecule has 0 radical (unpaired) electrons. The third-order valence-electron chi connectivity index (χ3n) is 3.27. The van der Waals surface area contributed by atoms with Crippen LogP contribution in [0, 0.1) is 13.8 Å². The number of aromatic nitrogens is 1. The zero-order chi connectivity index (χ0) is 13.4. The van der Waals surface area contributed by atoms with E-state index in [9.17, 15) is 4.79 Å². The summed E-state index contributed by atoms with van der Waals surface area (Å²) >= 11 is 0. The minimum Gasteiger partial charge on any atom is -0.480 e. The molecule has 0 spiro atoms. The average molecular weight is 245 g/mol. The van der Waals surface area contributed by atoms with Crippen LogP contribution in [0.2, 0.25) is 0 Å². The summed E-state index contributed by atoms with van der Waals surface area (Å²) in [7, 11) is 0. The number of hydrogen-bond donors (Lipinski definition) is 1. The largest absolute Gasteiger partial charge is 0.480 e. The van der Waals surface area contributed by atoms with Gasteiger partial charge in [-0.2, -0.15) is 0 Å². The third-order valence-corrected chi connectivity index (χ3v) is 3.27. The van der Waals surface area contributed by atoms with E-state index in [4.69, 9.17) is 5.11 Å². The highest BCUT2D eigenvalue weighted by Crippen LogP contribution is 2.30. The van der Waals surface area contributed by atoms with E-state index in [1.807, 2.05) is 17.7 Å². The molecular weight excluding hydrogens is 226 g/mol. The van der Waals surface area contributed by atoms with E-state index in [2.05, 4.69) is 32.9 Å². The number of aryl methyl sites for hydroxylation is 2. The number of carboxylic acid groups (broad SMARTS) is 1. The first-order chi connectivity index (χ1) is 8.40. The molecule has 0 aliphatic rings.